The van der Waals surface area contributed by atoms with E-state index in [9.17, 15) is 15.2 Å². The second-order valence-corrected chi connectivity index (χ2v) is 6.40. The first-order valence-corrected chi connectivity index (χ1v) is 8.55. The molecular weight excluding hydrogens is 332 g/mol. The summed E-state index contributed by atoms with van der Waals surface area (Å²) < 4.78 is 5.48. The number of rotatable bonds is 4. The van der Waals surface area contributed by atoms with Crippen LogP contribution in [0.5, 0.6) is 5.75 Å². The number of carbonyl (C=O) groups excluding carboxylic acids is 1. The molecule has 0 unspecified atom stereocenters. The summed E-state index contributed by atoms with van der Waals surface area (Å²) in [5, 5.41) is 21.9. The van der Waals surface area contributed by atoms with Crippen LogP contribution in [0, 0.1) is 25.2 Å². The third-order valence-electron chi connectivity index (χ3n) is 4.71. The summed E-state index contributed by atoms with van der Waals surface area (Å²) in [4.78, 5) is 16.4. The van der Waals surface area contributed by atoms with Gasteiger partial charge in [0.2, 0.25) is 11.8 Å². The molecule has 0 bridgehead atoms. The maximum atomic E-state index is 12.3. The summed E-state index contributed by atoms with van der Waals surface area (Å²) in [6.07, 6.45) is 0. The van der Waals surface area contributed by atoms with E-state index in [1.54, 1.807) is 26.0 Å². The van der Waals surface area contributed by atoms with Crippen molar-refractivity contribution in [2.24, 2.45) is 0 Å². The molecule has 2 aromatic rings. The lowest BCUT2D eigenvalue weighted by atomic mass is 10.2. The normalized spacial score (nSPS) is 14.9. The average molecular weight is 354 g/mol. The van der Waals surface area contributed by atoms with Gasteiger partial charge in [-0.2, -0.15) is 5.26 Å². The quantitative estimate of drug-likeness (QED) is 0.875. The Morgan fingerprint density at radius 3 is 2.62 bits per heavy atom. The standard InChI is InChI=1S/C19H22N4O3/c1-13-14(2)26-19(15(13)11-20)21-18(25)12-22-7-9-23(10-8-22)16-5-3-4-6-17(16)24/h3-6,24H,7-10,12H2,1-2H3,(H,21,25). The van der Waals surface area contributed by atoms with E-state index in [2.05, 4.69) is 16.3 Å². The molecule has 1 saturated heterocycles. The summed E-state index contributed by atoms with van der Waals surface area (Å²) in [6.45, 7) is 6.68. The minimum atomic E-state index is -0.203. The summed E-state index contributed by atoms with van der Waals surface area (Å²) >= 11 is 0. The van der Waals surface area contributed by atoms with E-state index in [1.807, 2.05) is 17.0 Å². The SMILES string of the molecule is Cc1oc(NC(=O)CN2CCN(c3ccccc3O)CC2)c(C#N)c1C. The smallest absolute Gasteiger partial charge is 0.240 e. The summed E-state index contributed by atoms with van der Waals surface area (Å²) in [5.74, 6) is 0.922. The van der Waals surface area contributed by atoms with E-state index in [-0.39, 0.29) is 24.1 Å². The van der Waals surface area contributed by atoms with Crippen molar-refractivity contribution < 1.29 is 14.3 Å². The largest absolute Gasteiger partial charge is 0.506 e. The number of piperazine rings is 1. The van der Waals surface area contributed by atoms with Gasteiger partial charge in [-0.15, -0.1) is 0 Å². The molecule has 1 amide bonds. The van der Waals surface area contributed by atoms with E-state index >= 15 is 0 Å². The molecule has 7 nitrogen and oxygen atoms in total. The molecule has 0 atom stereocenters. The Bertz CT molecular complexity index is 845. The van der Waals surface area contributed by atoms with Crippen molar-refractivity contribution in [2.75, 3.05) is 42.9 Å². The zero-order chi connectivity index (χ0) is 18.7. The van der Waals surface area contributed by atoms with Crippen LogP contribution >= 0.6 is 0 Å². The van der Waals surface area contributed by atoms with E-state index in [1.165, 1.54) is 0 Å². The number of amides is 1. The summed E-state index contributed by atoms with van der Waals surface area (Å²) in [7, 11) is 0. The number of nitrogens with zero attached hydrogens (tertiary/aromatic N) is 3. The number of hydrogen-bond acceptors (Lipinski definition) is 6. The van der Waals surface area contributed by atoms with Gasteiger partial charge >= 0.3 is 0 Å². The van der Waals surface area contributed by atoms with Crippen molar-refractivity contribution in [2.45, 2.75) is 13.8 Å². The van der Waals surface area contributed by atoms with Crippen LogP contribution in [0.25, 0.3) is 0 Å². The summed E-state index contributed by atoms with van der Waals surface area (Å²) in [6, 6.07) is 9.33. The lowest BCUT2D eigenvalue weighted by Gasteiger charge is -2.35. The molecule has 0 radical (unpaired) electrons. The van der Waals surface area contributed by atoms with E-state index in [0.29, 0.717) is 24.4 Å². The number of benzene rings is 1. The number of furan rings is 1. The molecule has 1 aromatic carbocycles. The van der Waals surface area contributed by atoms with Crippen molar-refractivity contribution in [3.63, 3.8) is 0 Å². The number of carbonyl (C=O) groups is 1. The number of nitrogens with one attached hydrogen (secondary N) is 1. The third-order valence-corrected chi connectivity index (χ3v) is 4.71. The highest BCUT2D eigenvalue weighted by atomic mass is 16.4. The first kappa shape index (κ1) is 17.8. The summed E-state index contributed by atoms with van der Waals surface area (Å²) in [5.41, 5.74) is 1.94. The van der Waals surface area contributed by atoms with E-state index in [4.69, 9.17) is 4.42 Å². The maximum absolute atomic E-state index is 12.3. The van der Waals surface area contributed by atoms with Crippen molar-refractivity contribution in [1.82, 2.24) is 4.90 Å². The highest BCUT2D eigenvalue weighted by Crippen LogP contribution is 2.27. The highest BCUT2D eigenvalue weighted by Gasteiger charge is 2.22. The Kier molecular flexibility index (Phi) is 5.14. The Morgan fingerprint density at radius 2 is 1.96 bits per heavy atom. The van der Waals surface area contributed by atoms with Crippen molar-refractivity contribution in [1.29, 1.82) is 5.26 Å². The Balaban J connectivity index is 1.55. The van der Waals surface area contributed by atoms with Gasteiger partial charge < -0.3 is 14.4 Å². The second kappa shape index (κ2) is 7.50. The molecule has 3 rings (SSSR count). The molecule has 0 spiro atoms. The van der Waals surface area contributed by atoms with E-state index in [0.717, 1.165) is 24.3 Å². The fourth-order valence-corrected chi connectivity index (χ4v) is 3.10. The Morgan fingerprint density at radius 1 is 1.27 bits per heavy atom. The molecule has 7 heteroatoms. The molecule has 2 heterocycles. The molecule has 0 saturated carbocycles. The minimum Gasteiger partial charge on any atom is -0.506 e. The van der Waals surface area contributed by atoms with Crippen LogP contribution in [0.2, 0.25) is 0 Å². The van der Waals surface area contributed by atoms with Crippen LogP contribution in [0.4, 0.5) is 11.6 Å². The van der Waals surface area contributed by atoms with Gasteiger partial charge in [0.25, 0.3) is 0 Å². The van der Waals surface area contributed by atoms with Gasteiger partial charge in [-0.25, -0.2) is 0 Å². The molecule has 2 N–H and O–H groups in total. The molecule has 136 valence electrons. The lowest BCUT2D eigenvalue weighted by Crippen LogP contribution is -2.48. The topological polar surface area (TPSA) is 92.7 Å². The van der Waals surface area contributed by atoms with Gasteiger partial charge in [0, 0.05) is 31.7 Å². The number of nitriles is 1. The molecule has 1 aliphatic heterocycles. The number of aromatic hydroxyl groups is 1. The number of para-hydroxylation sites is 2. The van der Waals surface area contributed by atoms with Gasteiger partial charge in [0.15, 0.2) is 0 Å². The Labute approximate surface area is 152 Å². The molecular formula is C19H22N4O3. The van der Waals surface area contributed by atoms with Crippen molar-refractivity contribution in [3.05, 3.63) is 41.2 Å². The predicted molar refractivity (Wildman–Crippen MR) is 98.3 cm³/mol. The molecule has 1 aromatic heterocycles. The van der Waals surface area contributed by atoms with Crippen molar-refractivity contribution in [3.8, 4) is 11.8 Å². The predicted octanol–water partition coefficient (Wildman–Crippen LogP) is 2.23. The first-order chi connectivity index (χ1) is 12.5. The Hall–Kier alpha value is -2.98. The first-order valence-electron chi connectivity index (χ1n) is 8.55. The number of phenols is 1. The molecule has 0 aliphatic carbocycles. The highest BCUT2D eigenvalue weighted by molar-refractivity contribution is 5.92. The number of hydrogen-bond donors (Lipinski definition) is 2. The van der Waals surface area contributed by atoms with Crippen LogP contribution in [-0.2, 0) is 4.79 Å². The zero-order valence-corrected chi connectivity index (χ0v) is 15.0. The minimum absolute atomic E-state index is 0.203. The van der Waals surface area contributed by atoms with Crippen LogP contribution < -0.4 is 10.2 Å². The lowest BCUT2D eigenvalue weighted by molar-refractivity contribution is -0.117. The van der Waals surface area contributed by atoms with Crippen LogP contribution in [0.3, 0.4) is 0 Å². The third kappa shape index (κ3) is 3.65. The van der Waals surface area contributed by atoms with Crippen LogP contribution in [0.1, 0.15) is 16.9 Å². The number of phenolic OH excluding ortho intramolecular Hbond substituents is 1. The average Bonchev–Trinajstić information content (AvgIpc) is 2.89. The van der Waals surface area contributed by atoms with Gasteiger partial charge in [-0.3, -0.25) is 15.0 Å². The second-order valence-electron chi connectivity index (χ2n) is 6.40. The van der Waals surface area contributed by atoms with E-state index < -0.39 is 0 Å². The molecule has 1 fully saturated rings. The van der Waals surface area contributed by atoms with Gasteiger partial charge in [0.1, 0.15) is 23.1 Å². The molecule has 1 aliphatic rings. The monoisotopic (exact) mass is 354 g/mol. The number of anilines is 2. The van der Waals surface area contributed by atoms with Crippen molar-refractivity contribution >= 4 is 17.5 Å². The zero-order valence-electron chi connectivity index (χ0n) is 15.0. The maximum Gasteiger partial charge on any atom is 0.240 e. The fourth-order valence-electron chi connectivity index (χ4n) is 3.10. The number of aryl methyl sites for hydroxylation is 1. The fraction of sp³-hybridized carbons (Fsp3) is 0.368. The van der Waals surface area contributed by atoms with Crippen LogP contribution in [0.15, 0.2) is 28.7 Å². The van der Waals surface area contributed by atoms with Gasteiger partial charge in [-0.05, 0) is 26.0 Å². The van der Waals surface area contributed by atoms with Crippen LogP contribution in [-0.4, -0.2) is 48.6 Å². The molecule has 26 heavy (non-hydrogen) atoms. The van der Waals surface area contributed by atoms with Gasteiger partial charge in [-0.1, -0.05) is 12.1 Å². The van der Waals surface area contributed by atoms with Gasteiger partial charge in [0.05, 0.1) is 12.2 Å².